The van der Waals surface area contributed by atoms with Gasteiger partial charge in [-0.1, -0.05) is 12.1 Å². The quantitative estimate of drug-likeness (QED) is 0.838. The number of carboxylic acid groups (broad SMARTS) is 1. The van der Waals surface area contributed by atoms with Gasteiger partial charge in [-0.15, -0.1) is 0 Å². The van der Waals surface area contributed by atoms with Crippen LogP contribution in [0.3, 0.4) is 0 Å². The van der Waals surface area contributed by atoms with Gasteiger partial charge in [-0.05, 0) is 55.2 Å². The first-order valence-corrected chi connectivity index (χ1v) is 6.79. The van der Waals surface area contributed by atoms with Gasteiger partial charge in [-0.2, -0.15) is 0 Å². The summed E-state index contributed by atoms with van der Waals surface area (Å²) in [5, 5.41) is 12.4. The molecule has 0 aliphatic heterocycles. The molecule has 2 atom stereocenters. The molecule has 2 N–H and O–H groups in total. The molecule has 2 unspecified atom stereocenters. The molecule has 0 radical (unpaired) electrons. The molecule has 18 heavy (non-hydrogen) atoms. The van der Waals surface area contributed by atoms with Crippen LogP contribution in [0.25, 0.3) is 0 Å². The summed E-state index contributed by atoms with van der Waals surface area (Å²) in [6.07, 6.45) is 5.54. The highest BCUT2D eigenvalue weighted by molar-refractivity contribution is 5.87. The maximum Gasteiger partial charge on any atom is 0.335 e. The lowest BCUT2D eigenvalue weighted by atomic mass is 9.76. The fourth-order valence-corrected chi connectivity index (χ4v) is 2.88. The van der Waals surface area contributed by atoms with E-state index in [1.54, 1.807) is 12.1 Å². The first kappa shape index (κ1) is 11.7. The molecule has 3 nitrogen and oxygen atoms in total. The summed E-state index contributed by atoms with van der Waals surface area (Å²) in [4.78, 5) is 10.7. The Morgan fingerprint density at radius 2 is 1.89 bits per heavy atom. The molecule has 0 saturated heterocycles. The lowest BCUT2D eigenvalue weighted by Gasteiger charge is -2.37. The van der Waals surface area contributed by atoms with Crippen LogP contribution in [-0.4, -0.2) is 17.1 Å². The van der Waals surface area contributed by atoms with Crippen LogP contribution in [0, 0.1) is 11.8 Å². The Bertz CT molecular complexity index is 436. The molecule has 1 aromatic carbocycles. The normalized spacial score (nSPS) is 26.7. The van der Waals surface area contributed by atoms with Crippen molar-refractivity contribution in [3.05, 3.63) is 35.4 Å². The molecule has 2 aliphatic rings. The van der Waals surface area contributed by atoms with Crippen molar-refractivity contribution < 1.29 is 9.90 Å². The predicted molar refractivity (Wildman–Crippen MR) is 69.5 cm³/mol. The second-order valence-corrected chi connectivity index (χ2v) is 5.57. The molecule has 3 rings (SSSR count). The second-order valence-electron chi connectivity index (χ2n) is 5.57. The summed E-state index contributed by atoms with van der Waals surface area (Å²) >= 11 is 0. The number of carboxylic acids is 1. The Kier molecular flexibility index (Phi) is 3.08. The van der Waals surface area contributed by atoms with Gasteiger partial charge in [0.25, 0.3) is 0 Å². The van der Waals surface area contributed by atoms with Crippen LogP contribution in [0.2, 0.25) is 0 Å². The molecule has 2 saturated carbocycles. The first-order chi connectivity index (χ1) is 8.74. The van der Waals surface area contributed by atoms with E-state index in [4.69, 9.17) is 5.11 Å². The summed E-state index contributed by atoms with van der Waals surface area (Å²) in [6, 6.07) is 7.86. The zero-order valence-electron chi connectivity index (χ0n) is 10.4. The van der Waals surface area contributed by atoms with Crippen LogP contribution in [0.5, 0.6) is 0 Å². The minimum atomic E-state index is -0.859. The average molecular weight is 245 g/mol. The maximum atomic E-state index is 10.7. The van der Waals surface area contributed by atoms with Crippen molar-refractivity contribution in [3.63, 3.8) is 0 Å². The number of benzene rings is 1. The number of hydrogen-bond acceptors (Lipinski definition) is 2. The third-order valence-corrected chi connectivity index (χ3v) is 4.32. The van der Waals surface area contributed by atoms with Crippen molar-refractivity contribution in [1.29, 1.82) is 0 Å². The maximum absolute atomic E-state index is 10.7. The number of aromatic carboxylic acids is 1. The number of nitrogens with one attached hydrogen (secondary N) is 1. The Balaban J connectivity index is 1.51. The summed E-state index contributed by atoms with van der Waals surface area (Å²) in [6.45, 7) is 0.855. The summed E-state index contributed by atoms with van der Waals surface area (Å²) in [5.74, 6) is 1.04. The molecular weight excluding hydrogens is 226 g/mol. The van der Waals surface area contributed by atoms with E-state index in [9.17, 15) is 4.79 Å². The third-order valence-electron chi connectivity index (χ3n) is 4.32. The predicted octanol–water partition coefficient (Wildman–Crippen LogP) is 2.66. The molecule has 3 heteroatoms. The lowest BCUT2D eigenvalue weighted by Crippen LogP contribution is -2.44. The van der Waals surface area contributed by atoms with Crippen LogP contribution in [-0.2, 0) is 6.54 Å². The van der Waals surface area contributed by atoms with E-state index in [2.05, 4.69) is 5.32 Å². The summed E-state index contributed by atoms with van der Waals surface area (Å²) in [7, 11) is 0. The Hall–Kier alpha value is -1.35. The first-order valence-electron chi connectivity index (χ1n) is 6.79. The Labute approximate surface area is 107 Å². The molecule has 2 fully saturated rings. The zero-order valence-corrected chi connectivity index (χ0v) is 10.4. The SMILES string of the molecule is O=C(O)c1ccc(CNC2CCC2C2CC2)cc1. The van der Waals surface area contributed by atoms with E-state index in [0.29, 0.717) is 11.6 Å². The number of carbonyl (C=O) groups is 1. The monoisotopic (exact) mass is 245 g/mol. The van der Waals surface area contributed by atoms with Crippen molar-refractivity contribution >= 4 is 5.97 Å². The standard InChI is InChI=1S/C15H19NO2/c17-15(18)12-3-1-10(2-4-12)9-16-14-8-7-13(14)11-5-6-11/h1-4,11,13-14,16H,5-9H2,(H,17,18). The van der Waals surface area contributed by atoms with Gasteiger partial charge in [0.05, 0.1) is 5.56 Å². The van der Waals surface area contributed by atoms with Gasteiger partial charge >= 0.3 is 5.97 Å². The van der Waals surface area contributed by atoms with Gasteiger partial charge in [0.15, 0.2) is 0 Å². The molecular formula is C15H19NO2. The van der Waals surface area contributed by atoms with Gasteiger partial charge in [0.1, 0.15) is 0 Å². The van der Waals surface area contributed by atoms with E-state index in [-0.39, 0.29) is 0 Å². The summed E-state index contributed by atoms with van der Waals surface area (Å²) < 4.78 is 0. The van der Waals surface area contributed by atoms with Crippen molar-refractivity contribution in [2.75, 3.05) is 0 Å². The molecule has 0 spiro atoms. The van der Waals surface area contributed by atoms with Crippen LogP contribution in [0.1, 0.15) is 41.6 Å². The number of hydrogen-bond donors (Lipinski definition) is 2. The Morgan fingerprint density at radius 1 is 1.17 bits per heavy atom. The van der Waals surface area contributed by atoms with Gasteiger partial charge < -0.3 is 10.4 Å². The lowest BCUT2D eigenvalue weighted by molar-refractivity contribution is 0.0697. The molecule has 0 aromatic heterocycles. The van der Waals surface area contributed by atoms with Gasteiger partial charge in [0, 0.05) is 12.6 Å². The largest absolute Gasteiger partial charge is 0.478 e. The molecule has 0 heterocycles. The minimum absolute atomic E-state index is 0.359. The highest BCUT2D eigenvalue weighted by atomic mass is 16.4. The topological polar surface area (TPSA) is 49.3 Å². The van der Waals surface area contributed by atoms with Crippen molar-refractivity contribution in [2.45, 2.75) is 38.3 Å². The van der Waals surface area contributed by atoms with E-state index >= 15 is 0 Å². The van der Waals surface area contributed by atoms with E-state index < -0.39 is 5.97 Å². The average Bonchev–Trinajstić information content (AvgIpc) is 3.13. The highest BCUT2D eigenvalue weighted by Gasteiger charge is 2.41. The Morgan fingerprint density at radius 3 is 2.39 bits per heavy atom. The van der Waals surface area contributed by atoms with E-state index in [1.807, 2.05) is 12.1 Å². The van der Waals surface area contributed by atoms with Crippen molar-refractivity contribution in [1.82, 2.24) is 5.32 Å². The minimum Gasteiger partial charge on any atom is -0.478 e. The number of rotatable bonds is 5. The zero-order chi connectivity index (χ0) is 12.5. The molecule has 0 bridgehead atoms. The van der Waals surface area contributed by atoms with Crippen LogP contribution in [0.4, 0.5) is 0 Å². The van der Waals surface area contributed by atoms with Crippen molar-refractivity contribution in [3.8, 4) is 0 Å². The fourth-order valence-electron chi connectivity index (χ4n) is 2.88. The highest BCUT2D eigenvalue weighted by Crippen LogP contribution is 2.46. The third kappa shape index (κ3) is 2.41. The molecule has 96 valence electrons. The van der Waals surface area contributed by atoms with Gasteiger partial charge in [0.2, 0.25) is 0 Å². The van der Waals surface area contributed by atoms with Gasteiger partial charge in [-0.3, -0.25) is 0 Å². The smallest absolute Gasteiger partial charge is 0.335 e. The van der Waals surface area contributed by atoms with E-state index in [1.165, 1.54) is 31.2 Å². The van der Waals surface area contributed by atoms with Crippen LogP contribution in [0.15, 0.2) is 24.3 Å². The van der Waals surface area contributed by atoms with Crippen LogP contribution < -0.4 is 5.32 Å². The van der Waals surface area contributed by atoms with Crippen molar-refractivity contribution in [2.24, 2.45) is 11.8 Å². The second kappa shape index (κ2) is 4.73. The fraction of sp³-hybridized carbons (Fsp3) is 0.533. The molecule has 0 amide bonds. The molecule has 1 aromatic rings. The summed E-state index contributed by atoms with van der Waals surface area (Å²) in [5.41, 5.74) is 1.53. The van der Waals surface area contributed by atoms with Gasteiger partial charge in [-0.25, -0.2) is 4.79 Å². The van der Waals surface area contributed by atoms with Crippen LogP contribution >= 0.6 is 0 Å². The molecule has 2 aliphatic carbocycles. The van der Waals surface area contributed by atoms with E-state index in [0.717, 1.165) is 18.4 Å².